The summed E-state index contributed by atoms with van der Waals surface area (Å²) >= 11 is 0. The Bertz CT molecular complexity index is 1270. The first kappa shape index (κ1) is 24.1. The summed E-state index contributed by atoms with van der Waals surface area (Å²) in [7, 11) is 0. The van der Waals surface area contributed by atoms with E-state index in [1.165, 1.54) is 37.5 Å². The van der Waals surface area contributed by atoms with Crippen molar-refractivity contribution in [3.63, 3.8) is 0 Å². The van der Waals surface area contributed by atoms with Gasteiger partial charge in [0.2, 0.25) is 5.95 Å². The van der Waals surface area contributed by atoms with Gasteiger partial charge in [-0.3, -0.25) is 0 Å². The van der Waals surface area contributed by atoms with Crippen molar-refractivity contribution in [2.24, 2.45) is 0 Å². The van der Waals surface area contributed by atoms with Crippen molar-refractivity contribution in [1.82, 2.24) is 20.2 Å². The zero-order valence-electron chi connectivity index (χ0n) is 20.0. The molecule has 0 spiro atoms. The number of hydrogen-bond donors (Lipinski definition) is 2. The number of benzene rings is 2. The number of urea groups is 1. The summed E-state index contributed by atoms with van der Waals surface area (Å²) in [5.74, 6) is -1.87. The summed E-state index contributed by atoms with van der Waals surface area (Å²) in [6.45, 7) is 5.23. The lowest BCUT2D eigenvalue weighted by atomic mass is 10.00. The Morgan fingerprint density at radius 2 is 1.78 bits per heavy atom. The summed E-state index contributed by atoms with van der Waals surface area (Å²) < 4.78 is 43.4. The molecule has 1 saturated heterocycles. The number of anilines is 3. The molecule has 188 valence electrons. The highest BCUT2D eigenvalue weighted by Crippen LogP contribution is 2.39. The van der Waals surface area contributed by atoms with Crippen LogP contribution in [-0.4, -0.2) is 47.1 Å². The maximum Gasteiger partial charge on any atom is 0.328 e. The molecule has 2 amide bonds. The Morgan fingerprint density at radius 1 is 1.03 bits per heavy atom. The monoisotopic (exact) mass is 496 g/mol. The van der Waals surface area contributed by atoms with Gasteiger partial charge in [0.15, 0.2) is 5.82 Å². The van der Waals surface area contributed by atoms with Gasteiger partial charge in [-0.25, -0.2) is 27.8 Å². The second kappa shape index (κ2) is 10.1. The number of para-hydroxylation sites is 1. The van der Waals surface area contributed by atoms with E-state index >= 15 is 0 Å². The molecule has 5 rings (SSSR count). The molecule has 0 atom stereocenters. The van der Waals surface area contributed by atoms with Crippen LogP contribution in [0.25, 0.3) is 11.3 Å². The number of carbonyl (C=O) groups excluding carboxylic acids is 1. The molecule has 3 heterocycles. The normalized spacial score (nSPS) is 16.0. The molecular formula is C26H27F3N6O. The Labute approximate surface area is 207 Å². The maximum absolute atomic E-state index is 14.8. The van der Waals surface area contributed by atoms with Crippen molar-refractivity contribution < 1.29 is 18.0 Å². The van der Waals surface area contributed by atoms with Gasteiger partial charge in [0.1, 0.15) is 23.1 Å². The van der Waals surface area contributed by atoms with E-state index < -0.39 is 23.4 Å². The van der Waals surface area contributed by atoms with Gasteiger partial charge in [0.05, 0.1) is 12.2 Å². The van der Waals surface area contributed by atoms with Crippen molar-refractivity contribution >= 4 is 23.5 Å². The second-order valence-corrected chi connectivity index (χ2v) is 9.05. The number of nitrogens with zero attached hydrogens (tertiary/aromatic N) is 4. The minimum absolute atomic E-state index is 0.0565. The number of piperidine rings is 1. The molecule has 0 aliphatic carbocycles. The molecule has 2 aromatic carbocycles. The van der Waals surface area contributed by atoms with Gasteiger partial charge in [-0.2, -0.15) is 4.98 Å². The van der Waals surface area contributed by atoms with Gasteiger partial charge >= 0.3 is 6.03 Å². The van der Waals surface area contributed by atoms with Crippen LogP contribution < -0.4 is 15.5 Å². The van der Waals surface area contributed by atoms with E-state index in [2.05, 4.69) is 20.5 Å². The predicted octanol–water partition coefficient (Wildman–Crippen LogP) is 5.13. The lowest BCUT2D eigenvalue weighted by Crippen LogP contribution is -2.43. The number of aromatic nitrogens is 2. The number of fused-ring (bicyclic) bond motifs is 1. The van der Waals surface area contributed by atoms with Crippen LogP contribution in [0.2, 0.25) is 0 Å². The quantitative estimate of drug-likeness (QED) is 0.495. The molecule has 0 unspecified atom stereocenters. The Hall–Kier alpha value is -3.66. The molecule has 0 saturated carbocycles. The zero-order chi connectivity index (χ0) is 25.2. The van der Waals surface area contributed by atoms with Crippen LogP contribution in [-0.2, 0) is 6.54 Å². The van der Waals surface area contributed by atoms with Crippen LogP contribution >= 0.6 is 0 Å². The molecule has 2 N–H and O–H groups in total. The van der Waals surface area contributed by atoms with Gasteiger partial charge in [-0.05, 0) is 68.8 Å². The van der Waals surface area contributed by atoms with Crippen molar-refractivity contribution in [2.75, 3.05) is 36.4 Å². The van der Waals surface area contributed by atoms with Crippen LogP contribution in [0.4, 0.5) is 35.4 Å². The molecule has 1 aromatic heterocycles. The van der Waals surface area contributed by atoms with Gasteiger partial charge in [0, 0.05) is 24.2 Å². The number of amides is 2. The Morgan fingerprint density at radius 3 is 2.50 bits per heavy atom. The molecule has 1 fully saturated rings. The third-order valence-electron chi connectivity index (χ3n) is 6.58. The molecule has 2 aliphatic heterocycles. The first-order valence-corrected chi connectivity index (χ1v) is 12.1. The first-order valence-electron chi connectivity index (χ1n) is 12.1. The number of likely N-dealkylation sites (tertiary alicyclic amines) is 1. The maximum atomic E-state index is 14.8. The number of aryl methyl sites for hydroxylation is 1. The van der Waals surface area contributed by atoms with Gasteiger partial charge in [0.25, 0.3) is 0 Å². The van der Waals surface area contributed by atoms with Crippen LogP contribution in [0.1, 0.15) is 30.4 Å². The fraction of sp³-hybridized carbons (Fsp3) is 0.346. The number of hydrogen-bond acceptors (Lipinski definition) is 5. The molecular weight excluding hydrogens is 469 g/mol. The highest BCUT2D eigenvalue weighted by molar-refractivity contribution is 6.02. The summed E-state index contributed by atoms with van der Waals surface area (Å²) in [5, 5.41) is 5.88. The highest BCUT2D eigenvalue weighted by Gasteiger charge is 2.34. The van der Waals surface area contributed by atoms with E-state index in [1.54, 1.807) is 13.0 Å². The molecule has 10 heteroatoms. The van der Waals surface area contributed by atoms with Crippen molar-refractivity contribution in [2.45, 2.75) is 32.7 Å². The van der Waals surface area contributed by atoms with Crippen LogP contribution in [0.5, 0.6) is 0 Å². The van der Waals surface area contributed by atoms with Crippen molar-refractivity contribution in [1.29, 1.82) is 0 Å². The van der Waals surface area contributed by atoms with E-state index in [-0.39, 0.29) is 24.1 Å². The average Bonchev–Trinajstić information content (AvgIpc) is 2.85. The standard InChI is InChI=1S/C26H27F3N6O/c1-16-14-17(27)8-9-18(16)22-19-15-31-26(36)35(23-20(28)6-5-7-21(23)29)24(19)33-25(32-22)30-10-13-34-11-3-2-4-12-34/h5-9,14H,2-4,10-13,15H2,1H3,(H,31,36)(H,30,32,33). The van der Waals surface area contributed by atoms with Gasteiger partial charge in [-0.15, -0.1) is 0 Å². The van der Waals surface area contributed by atoms with Crippen molar-refractivity contribution in [3.8, 4) is 11.3 Å². The van der Waals surface area contributed by atoms with E-state index in [4.69, 9.17) is 4.98 Å². The molecule has 0 radical (unpaired) electrons. The highest BCUT2D eigenvalue weighted by atomic mass is 19.1. The topological polar surface area (TPSA) is 73.4 Å². The molecule has 2 aliphatic rings. The predicted molar refractivity (Wildman–Crippen MR) is 132 cm³/mol. The van der Waals surface area contributed by atoms with Gasteiger partial charge in [-0.1, -0.05) is 12.5 Å². The summed E-state index contributed by atoms with van der Waals surface area (Å²) in [6, 6.07) is 7.03. The van der Waals surface area contributed by atoms with Crippen LogP contribution in [0, 0.1) is 24.4 Å². The number of halogens is 3. The molecule has 3 aromatic rings. The number of rotatable bonds is 6. The average molecular weight is 497 g/mol. The summed E-state index contributed by atoms with van der Waals surface area (Å²) in [5.41, 5.74) is 1.69. The van der Waals surface area contributed by atoms with E-state index in [9.17, 15) is 18.0 Å². The first-order chi connectivity index (χ1) is 17.4. The van der Waals surface area contributed by atoms with E-state index in [0.29, 0.717) is 28.9 Å². The van der Waals surface area contributed by atoms with Crippen molar-refractivity contribution in [3.05, 3.63) is 65.0 Å². The summed E-state index contributed by atoms with van der Waals surface area (Å²) in [6.07, 6.45) is 3.58. The minimum Gasteiger partial charge on any atom is -0.353 e. The fourth-order valence-electron chi connectivity index (χ4n) is 4.77. The number of nitrogens with one attached hydrogen (secondary N) is 2. The Balaban J connectivity index is 1.59. The fourth-order valence-corrected chi connectivity index (χ4v) is 4.77. The van der Waals surface area contributed by atoms with E-state index in [1.807, 2.05) is 0 Å². The summed E-state index contributed by atoms with van der Waals surface area (Å²) in [4.78, 5) is 25.4. The molecule has 36 heavy (non-hydrogen) atoms. The van der Waals surface area contributed by atoms with Crippen LogP contribution in [0.15, 0.2) is 36.4 Å². The third kappa shape index (κ3) is 4.73. The Kier molecular flexibility index (Phi) is 6.77. The SMILES string of the molecule is Cc1cc(F)ccc1-c1nc(NCCN2CCCCC2)nc2c1CNC(=O)N2c1c(F)cccc1F. The van der Waals surface area contributed by atoms with Gasteiger partial charge < -0.3 is 15.5 Å². The minimum atomic E-state index is -0.893. The molecule has 0 bridgehead atoms. The lowest BCUT2D eigenvalue weighted by molar-refractivity contribution is 0.237. The third-order valence-corrected chi connectivity index (χ3v) is 6.58. The smallest absolute Gasteiger partial charge is 0.328 e. The largest absolute Gasteiger partial charge is 0.353 e. The number of carbonyl (C=O) groups is 1. The van der Waals surface area contributed by atoms with E-state index in [0.717, 1.165) is 36.7 Å². The lowest BCUT2D eigenvalue weighted by Gasteiger charge is -2.31. The zero-order valence-corrected chi connectivity index (χ0v) is 20.0. The molecule has 7 nitrogen and oxygen atoms in total. The van der Waals surface area contributed by atoms with Crippen LogP contribution in [0.3, 0.4) is 0 Å². The second-order valence-electron chi connectivity index (χ2n) is 9.05.